The third-order valence-electron chi connectivity index (χ3n) is 3.29. The number of carbonyl (C=O) groups is 2. The van der Waals surface area contributed by atoms with E-state index in [0.717, 1.165) is 12.2 Å². The summed E-state index contributed by atoms with van der Waals surface area (Å²) in [6, 6.07) is 6.60. The van der Waals surface area contributed by atoms with Gasteiger partial charge in [0.05, 0.1) is 6.61 Å². The average Bonchev–Trinajstić information content (AvgIpc) is 2.47. The summed E-state index contributed by atoms with van der Waals surface area (Å²) in [6.07, 6.45) is 0. The number of ether oxygens (including phenoxy) is 1. The summed E-state index contributed by atoms with van der Waals surface area (Å²) < 4.78 is 5.10. The van der Waals surface area contributed by atoms with E-state index in [2.05, 4.69) is 5.32 Å². The predicted octanol–water partition coefficient (Wildman–Crippen LogP) is 0.127. The molecule has 1 atom stereocenters. The normalized spacial score (nSPS) is 18.6. The molecule has 6 nitrogen and oxygen atoms in total. The van der Waals surface area contributed by atoms with Crippen LogP contribution in [0.15, 0.2) is 24.3 Å². The zero-order valence-electron chi connectivity index (χ0n) is 11.5. The molecular formula is C14H19N3O3. The van der Waals surface area contributed by atoms with E-state index in [4.69, 9.17) is 10.5 Å². The van der Waals surface area contributed by atoms with Crippen LogP contribution >= 0.6 is 0 Å². The summed E-state index contributed by atoms with van der Waals surface area (Å²) in [6.45, 7) is 4.22. The van der Waals surface area contributed by atoms with Gasteiger partial charge in [-0.3, -0.25) is 4.79 Å². The van der Waals surface area contributed by atoms with Gasteiger partial charge in [-0.05, 0) is 31.2 Å². The number of nitrogens with one attached hydrogen (secondary N) is 1. The van der Waals surface area contributed by atoms with Crippen molar-refractivity contribution in [3.63, 3.8) is 0 Å². The first-order chi connectivity index (χ1) is 9.63. The second-order valence-electron chi connectivity index (χ2n) is 4.58. The van der Waals surface area contributed by atoms with Gasteiger partial charge < -0.3 is 20.7 Å². The van der Waals surface area contributed by atoms with E-state index in [-0.39, 0.29) is 12.0 Å². The summed E-state index contributed by atoms with van der Waals surface area (Å²) in [7, 11) is 0. The highest BCUT2D eigenvalue weighted by Crippen LogP contribution is 2.20. The molecular weight excluding hydrogens is 258 g/mol. The maximum atomic E-state index is 12.0. The van der Waals surface area contributed by atoms with Gasteiger partial charge in [-0.1, -0.05) is 0 Å². The highest BCUT2D eigenvalue weighted by atomic mass is 16.5. The summed E-state index contributed by atoms with van der Waals surface area (Å²) in [5, 5.41) is 3.19. The number of carbonyl (C=O) groups excluding carboxylic acids is 2. The maximum absolute atomic E-state index is 12.0. The molecule has 1 amide bonds. The molecule has 3 N–H and O–H groups in total. The monoisotopic (exact) mass is 277 g/mol. The fourth-order valence-electron chi connectivity index (χ4n) is 2.28. The van der Waals surface area contributed by atoms with Crippen molar-refractivity contribution in [3.05, 3.63) is 29.8 Å². The fourth-order valence-corrected chi connectivity index (χ4v) is 2.28. The zero-order valence-corrected chi connectivity index (χ0v) is 11.5. The van der Waals surface area contributed by atoms with Crippen LogP contribution in [0.2, 0.25) is 0 Å². The number of piperazine rings is 1. The number of amides is 1. The minimum atomic E-state index is -0.459. The molecule has 1 heterocycles. The van der Waals surface area contributed by atoms with E-state index in [1.165, 1.54) is 0 Å². The number of primary amides is 1. The fraction of sp³-hybridized carbons (Fsp3) is 0.429. The Balaban J connectivity index is 2.18. The van der Waals surface area contributed by atoms with Crippen molar-refractivity contribution in [2.24, 2.45) is 5.73 Å². The Kier molecular flexibility index (Phi) is 4.57. The van der Waals surface area contributed by atoms with Crippen LogP contribution in [-0.4, -0.2) is 44.2 Å². The molecule has 1 aliphatic rings. The Morgan fingerprint density at radius 1 is 1.40 bits per heavy atom. The topological polar surface area (TPSA) is 84.7 Å². The standard InChI is InChI=1S/C14H19N3O3/c1-2-20-14(19)12-9-16-7-8-17(12)11-5-3-10(4-6-11)13(15)18/h3-6,12,16H,2,7-9H2,1H3,(H2,15,18). The van der Waals surface area contributed by atoms with Crippen molar-refractivity contribution in [1.29, 1.82) is 0 Å². The summed E-state index contributed by atoms with van der Waals surface area (Å²) in [4.78, 5) is 25.0. The molecule has 0 spiro atoms. The predicted molar refractivity (Wildman–Crippen MR) is 75.6 cm³/mol. The molecule has 20 heavy (non-hydrogen) atoms. The summed E-state index contributed by atoms with van der Waals surface area (Å²) >= 11 is 0. The molecule has 0 aliphatic carbocycles. The Labute approximate surface area is 117 Å². The number of anilines is 1. The van der Waals surface area contributed by atoms with E-state index in [9.17, 15) is 9.59 Å². The lowest BCUT2D eigenvalue weighted by molar-refractivity contribution is -0.144. The first kappa shape index (κ1) is 14.3. The van der Waals surface area contributed by atoms with Crippen molar-refractivity contribution in [1.82, 2.24) is 5.32 Å². The van der Waals surface area contributed by atoms with Crippen LogP contribution in [0.1, 0.15) is 17.3 Å². The number of benzene rings is 1. The third kappa shape index (κ3) is 3.08. The quantitative estimate of drug-likeness (QED) is 0.764. The molecule has 6 heteroatoms. The Hall–Kier alpha value is -2.08. The lowest BCUT2D eigenvalue weighted by Gasteiger charge is -2.36. The Morgan fingerprint density at radius 2 is 2.10 bits per heavy atom. The first-order valence-corrected chi connectivity index (χ1v) is 6.67. The van der Waals surface area contributed by atoms with E-state index in [0.29, 0.717) is 25.3 Å². The molecule has 0 radical (unpaired) electrons. The molecule has 0 bridgehead atoms. The number of hydrogen-bond acceptors (Lipinski definition) is 5. The van der Waals surface area contributed by atoms with Gasteiger partial charge in [-0.25, -0.2) is 4.79 Å². The number of hydrogen-bond donors (Lipinski definition) is 2. The molecule has 108 valence electrons. The number of esters is 1. The lowest BCUT2D eigenvalue weighted by Crippen LogP contribution is -2.55. The first-order valence-electron chi connectivity index (χ1n) is 6.67. The van der Waals surface area contributed by atoms with Crippen LogP contribution < -0.4 is 16.0 Å². The van der Waals surface area contributed by atoms with E-state index < -0.39 is 5.91 Å². The summed E-state index contributed by atoms with van der Waals surface area (Å²) in [5.74, 6) is -0.697. The largest absolute Gasteiger partial charge is 0.464 e. The number of nitrogens with zero attached hydrogens (tertiary/aromatic N) is 1. The molecule has 2 rings (SSSR count). The third-order valence-corrected chi connectivity index (χ3v) is 3.29. The minimum Gasteiger partial charge on any atom is -0.464 e. The Bertz CT molecular complexity index is 487. The smallest absolute Gasteiger partial charge is 0.330 e. The minimum absolute atomic E-state index is 0.237. The van der Waals surface area contributed by atoms with Crippen molar-refractivity contribution in [2.45, 2.75) is 13.0 Å². The van der Waals surface area contributed by atoms with E-state index in [1.54, 1.807) is 31.2 Å². The van der Waals surface area contributed by atoms with Gasteiger partial charge in [0.15, 0.2) is 0 Å². The van der Waals surface area contributed by atoms with Gasteiger partial charge in [0, 0.05) is 30.9 Å². The van der Waals surface area contributed by atoms with Gasteiger partial charge in [-0.15, -0.1) is 0 Å². The maximum Gasteiger partial charge on any atom is 0.330 e. The lowest BCUT2D eigenvalue weighted by atomic mass is 10.1. The summed E-state index contributed by atoms with van der Waals surface area (Å²) in [5.41, 5.74) is 6.56. The van der Waals surface area contributed by atoms with Crippen molar-refractivity contribution in [3.8, 4) is 0 Å². The van der Waals surface area contributed by atoms with Gasteiger partial charge in [0.1, 0.15) is 6.04 Å². The van der Waals surface area contributed by atoms with Gasteiger partial charge in [0.2, 0.25) is 5.91 Å². The molecule has 1 fully saturated rings. The van der Waals surface area contributed by atoms with Crippen molar-refractivity contribution in [2.75, 3.05) is 31.1 Å². The van der Waals surface area contributed by atoms with Crippen LogP contribution in [0.5, 0.6) is 0 Å². The van der Waals surface area contributed by atoms with Gasteiger partial charge in [-0.2, -0.15) is 0 Å². The van der Waals surface area contributed by atoms with Crippen LogP contribution in [0.4, 0.5) is 5.69 Å². The molecule has 1 aromatic carbocycles. The SMILES string of the molecule is CCOC(=O)C1CNCCN1c1ccc(C(N)=O)cc1. The molecule has 0 aromatic heterocycles. The molecule has 1 aromatic rings. The Morgan fingerprint density at radius 3 is 2.70 bits per heavy atom. The zero-order chi connectivity index (χ0) is 14.5. The van der Waals surface area contributed by atoms with Gasteiger partial charge in [0.25, 0.3) is 0 Å². The van der Waals surface area contributed by atoms with E-state index in [1.807, 2.05) is 4.90 Å². The van der Waals surface area contributed by atoms with Gasteiger partial charge >= 0.3 is 5.97 Å². The highest BCUT2D eigenvalue weighted by Gasteiger charge is 2.29. The van der Waals surface area contributed by atoms with Crippen LogP contribution in [0, 0.1) is 0 Å². The molecule has 1 aliphatic heterocycles. The highest BCUT2D eigenvalue weighted by molar-refractivity contribution is 5.93. The number of nitrogens with two attached hydrogens (primary N) is 1. The second kappa shape index (κ2) is 6.38. The molecule has 0 saturated carbocycles. The van der Waals surface area contributed by atoms with Crippen molar-refractivity contribution < 1.29 is 14.3 Å². The van der Waals surface area contributed by atoms with Crippen LogP contribution in [0.3, 0.4) is 0 Å². The number of rotatable bonds is 4. The average molecular weight is 277 g/mol. The van der Waals surface area contributed by atoms with Crippen LogP contribution in [-0.2, 0) is 9.53 Å². The van der Waals surface area contributed by atoms with E-state index >= 15 is 0 Å². The van der Waals surface area contributed by atoms with Crippen molar-refractivity contribution >= 4 is 17.6 Å². The second-order valence-corrected chi connectivity index (χ2v) is 4.58. The van der Waals surface area contributed by atoms with Crippen LogP contribution in [0.25, 0.3) is 0 Å². The molecule has 1 saturated heterocycles. The molecule has 1 unspecified atom stereocenters.